The second-order valence-corrected chi connectivity index (χ2v) is 7.92. The van der Waals surface area contributed by atoms with Crippen LogP contribution in [-0.2, 0) is 9.05 Å². The zero-order chi connectivity index (χ0) is 14.8. The SMILES string of the molecule is O=C(NC1CCCCC1)c1cc(Cl)cc(S(=O)(=O)Cl)c1. The van der Waals surface area contributed by atoms with E-state index in [1.807, 2.05) is 0 Å². The summed E-state index contributed by atoms with van der Waals surface area (Å²) in [5, 5.41) is 3.07. The van der Waals surface area contributed by atoms with Gasteiger partial charge in [0.15, 0.2) is 0 Å². The van der Waals surface area contributed by atoms with Crippen LogP contribution in [0.25, 0.3) is 0 Å². The molecule has 0 saturated heterocycles. The Bertz CT molecular complexity index is 610. The lowest BCUT2D eigenvalue weighted by Gasteiger charge is -2.22. The molecule has 1 N–H and O–H groups in total. The van der Waals surface area contributed by atoms with Gasteiger partial charge in [-0.3, -0.25) is 4.79 Å². The van der Waals surface area contributed by atoms with E-state index in [9.17, 15) is 13.2 Å². The first-order valence-corrected chi connectivity index (χ1v) is 9.11. The van der Waals surface area contributed by atoms with Crippen LogP contribution >= 0.6 is 22.3 Å². The summed E-state index contributed by atoms with van der Waals surface area (Å²) < 4.78 is 22.6. The first kappa shape index (κ1) is 15.6. The molecular weight excluding hydrogens is 321 g/mol. The van der Waals surface area contributed by atoms with Crippen molar-refractivity contribution >= 4 is 37.2 Å². The summed E-state index contributed by atoms with van der Waals surface area (Å²) in [5.74, 6) is -0.319. The normalized spacial score (nSPS) is 16.9. The van der Waals surface area contributed by atoms with Gasteiger partial charge in [-0.05, 0) is 31.0 Å². The van der Waals surface area contributed by atoms with Crippen LogP contribution in [0, 0.1) is 0 Å². The predicted octanol–water partition coefficient (Wildman–Crippen LogP) is 3.33. The molecule has 4 nitrogen and oxygen atoms in total. The molecule has 0 aromatic heterocycles. The molecule has 2 rings (SSSR count). The van der Waals surface area contributed by atoms with Gasteiger partial charge in [0.05, 0.1) is 4.90 Å². The van der Waals surface area contributed by atoms with E-state index in [0.717, 1.165) is 25.7 Å². The summed E-state index contributed by atoms with van der Waals surface area (Å²) in [6, 6.07) is 4.05. The Hall–Kier alpha value is -0.780. The standard InChI is InChI=1S/C13H15Cl2NO3S/c14-10-6-9(7-12(8-10)20(15,18)19)13(17)16-11-4-2-1-3-5-11/h6-8,11H,1-5H2,(H,16,17). The van der Waals surface area contributed by atoms with E-state index in [4.69, 9.17) is 22.3 Å². The fourth-order valence-corrected chi connectivity index (χ4v) is 3.45. The van der Waals surface area contributed by atoms with Crippen LogP contribution in [0.15, 0.2) is 23.1 Å². The van der Waals surface area contributed by atoms with Crippen LogP contribution in [-0.4, -0.2) is 20.4 Å². The number of halogens is 2. The number of hydrogen-bond donors (Lipinski definition) is 1. The van der Waals surface area contributed by atoms with E-state index in [1.165, 1.54) is 24.6 Å². The first-order valence-electron chi connectivity index (χ1n) is 6.42. The van der Waals surface area contributed by atoms with Crippen LogP contribution < -0.4 is 5.32 Å². The van der Waals surface area contributed by atoms with Gasteiger partial charge in [0.25, 0.3) is 15.0 Å². The number of hydrogen-bond acceptors (Lipinski definition) is 3. The van der Waals surface area contributed by atoms with Crippen molar-refractivity contribution in [2.24, 2.45) is 0 Å². The van der Waals surface area contributed by atoms with E-state index in [0.29, 0.717) is 0 Å². The zero-order valence-corrected chi connectivity index (χ0v) is 13.1. The highest BCUT2D eigenvalue weighted by Crippen LogP contribution is 2.23. The summed E-state index contributed by atoms with van der Waals surface area (Å²) >= 11 is 5.84. The van der Waals surface area contributed by atoms with E-state index in [-0.39, 0.29) is 27.4 Å². The van der Waals surface area contributed by atoms with Gasteiger partial charge in [0.1, 0.15) is 0 Å². The number of rotatable bonds is 3. The van der Waals surface area contributed by atoms with E-state index < -0.39 is 9.05 Å². The fourth-order valence-electron chi connectivity index (χ4n) is 2.35. The number of amides is 1. The molecule has 1 aliphatic rings. The monoisotopic (exact) mass is 335 g/mol. The van der Waals surface area contributed by atoms with Crippen LogP contribution in [0.5, 0.6) is 0 Å². The van der Waals surface area contributed by atoms with Crippen molar-refractivity contribution < 1.29 is 13.2 Å². The highest BCUT2D eigenvalue weighted by molar-refractivity contribution is 8.13. The predicted molar refractivity (Wildman–Crippen MR) is 78.8 cm³/mol. The van der Waals surface area contributed by atoms with Crippen LogP contribution in [0.4, 0.5) is 0 Å². The van der Waals surface area contributed by atoms with Gasteiger partial charge in [0.2, 0.25) is 0 Å². The second kappa shape index (κ2) is 6.33. The maximum absolute atomic E-state index is 12.1. The van der Waals surface area contributed by atoms with Gasteiger partial charge in [-0.15, -0.1) is 0 Å². The quantitative estimate of drug-likeness (QED) is 0.861. The fraction of sp³-hybridized carbons (Fsp3) is 0.462. The lowest BCUT2D eigenvalue weighted by Crippen LogP contribution is -2.36. The number of nitrogens with one attached hydrogen (secondary N) is 1. The minimum Gasteiger partial charge on any atom is -0.349 e. The first-order chi connectivity index (χ1) is 9.36. The highest BCUT2D eigenvalue weighted by atomic mass is 35.7. The van der Waals surface area contributed by atoms with Crippen molar-refractivity contribution in [3.8, 4) is 0 Å². The summed E-state index contributed by atoms with van der Waals surface area (Å²) in [5.41, 5.74) is 0.210. The molecule has 0 bridgehead atoms. The maximum Gasteiger partial charge on any atom is 0.261 e. The molecule has 20 heavy (non-hydrogen) atoms. The largest absolute Gasteiger partial charge is 0.349 e. The highest BCUT2D eigenvalue weighted by Gasteiger charge is 2.19. The molecule has 0 atom stereocenters. The van der Waals surface area contributed by atoms with Crippen molar-refractivity contribution in [2.75, 3.05) is 0 Å². The molecule has 110 valence electrons. The van der Waals surface area contributed by atoms with Gasteiger partial charge < -0.3 is 5.32 Å². The lowest BCUT2D eigenvalue weighted by molar-refractivity contribution is 0.0927. The minimum atomic E-state index is -3.91. The molecule has 7 heteroatoms. The summed E-state index contributed by atoms with van der Waals surface area (Å²) in [6.45, 7) is 0. The van der Waals surface area contributed by atoms with E-state index in [2.05, 4.69) is 5.32 Å². The Kier molecular flexibility index (Phi) is 4.94. The lowest BCUT2D eigenvalue weighted by atomic mass is 9.95. The summed E-state index contributed by atoms with van der Waals surface area (Å²) in [7, 11) is 1.37. The van der Waals surface area contributed by atoms with Gasteiger partial charge in [-0.1, -0.05) is 30.9 Å². The Balaban J connectivity index is 2.19. The van der Waals surface area contributed by atoms with Gasteiger partial charge in [-0.2, -0.15) is 0 Å². The van der Waals surface area contributed by atoms with Crippen LogP contribution in [0.3, 0.4) is 0 Å². The molecule has 0 heterocycles. The van der Waals surface area contributed by atoms with Gasteiger partial charge in [0, 0.05) is 27.3 Å². The maximum atomic E-state index is 12.1. The topological polar surface area (TPSA) is 63.2 Å². The molecule has 0 radical (unpaired) electrons. The van der Waals surface area contributed by atoms with Crippen molar-refractivity contribution in [1.29, 1.82) is 0 Å². The third-order valence-electron chi connectivity index (χ3n) is 3.36. The summed E-state index contributed by atoms with van der Waals surface area (Å²) in [4.78, 5) is 12.0. The third kappa shape index (κ3) is 4.11. The minimum absolute atomic E-state index is 0.145. The average Bonchev–Trinajstić information content (AvgIpc) is 2.38. The third-order valence-corrected chi connectivity index (χ3v) is 4.91. The zero-order valence-electron chi connectivity index (χ0n) is 10.7. The summed E-state index contributed by atoms with van der Waals surface area (Å²) in [6.07, 6.45) is 5.29. The number of benzene rings is 1. The molecule has 0 spiro atoms. The Morgan fingerprint density at radius 2 is 1.80 bits per heavy atom. The number of carbonyl (C=O) groups excluding carboxylic acids is 1. The molecule has 1 fully saturated rings. The Labute approximate surface area is 127 Å². The van der Waals surface area contributed by atoms with Gasteiger partial charge >= 0.3 is 0 Å². The van der Waals surface area contributed by atoms with Crippen LogP contribution in [0.1, 0.15) is 42.5 Å². The van der Waals surface area contributed by atoms with Crippen molar-refractivity contribution in [3.05, 3.63) is 28.8 Å². The second-order valence-electron chi connectivity index (χ2n) is 4.92. The Morgan fingerprint density at radius 1 is 1.15 bits per heavy atom. The molecule has 0 aliphatic heterocycles. The van der Waals surface area contributed by atoms with Gasteiger partial charge in [-0.25, -0.2) is 8.42 Å². The van der Waals surface area contributed by atoms with Crippen molar-refractivity contribution in [2.45, 2.75) is 43.0 Å². The molecule has 1 aliphatic carbocycles. The van der Waals surface area contributed by atoms with Crippen molar-refractivity contribution in [3.63, 3.8) is 0 Å². The van der Waals surface area contributed by atoms with E-state index in [1.54, 1.807) is 0 Å². The van der Waals surface area contributed by atoms with Crippen molar-refractivity contribution in [1.82, 2.24) is 5.32 Å². The molecule has 1 amide bonds. The smallest absolute Gasteiger partial charge is 0.261 e. The molecule has 1 aromatic rings. The molecular formula is C13H15Cl2NO3S. The molecule has 0 unspecified atom stereocenters. The number of carbonyl (C=O) groups is 1. The Morgan fingerprint density at radius 3 is 2.40 bits per heavy atom. The average molecular weight is 336 g/mol. The molecule has 1 aromatic carbocycles. The van der Waals surface area contributed by atoms with E-state index >= 15 is 0 Å². The molecule has 1 saturated carbocycles. The van der Waals surface area contributed by atoms with Crippen LogP contribution in [0.2, 0.25) is 5.02 Å².